The number of amides is 1. The Hall–Kier alpha value is -3.88. The quantitative estimate of drug-likeness (QED) is 0.478. The number of fused-ring (bicyclic) bond motifs is 2. The van der Waals surface area contributed by atoms with Crippen molar-refractivity contribution < 1.29 is 9.18 Å². The van der Waals surface area contributed by atoms with Gasteiger partial charge in [-0.1, -0.05) is 18.2 Å². The van der Waals surface area contributed by atoms with Crippen LogP contribution in [0.5, 0.6) is 0 Å². The summed E-state index contributed by atoms with van der Waals surface area (Å²) in [5.41, 5.74) is 4.59. The Morgan fingerprint density at radius 2 is 2.03 bits per heavy atom. The van der Waals surface area contributed by atoms with Crippen LogP contribution in [0, 0.1) is 17.1 Å². The van der Waals surface area contributed by atoms with Gasteiger partial charge in [-0.3, -0.25) is 15.2 Å². The lowest BCUT2D eigenvalue weighted by Gasteiger charge is -2.53. The van der Waals surface area contributed by atoms with E-state index in [0.717, 1.165) is 36.0 Å². The van der Waals surface area contributed by atoms with E-state index < -0.39 is 5.82 Å². The zero-order valence-corrected chi connectivity index (χ0v) is 17.3. The van der Waals surface area contributed by atoms with E-state index in [-0.39, 0.29) is 23.2 Å². The molecule has 2 N–H and O–H groups in total. The number of para-hydroxylation sites is 2. The highest BCUT2D eigenvalue weighted by Crippen LogP contribution is 2.36. The fraction of sp³-hybridized carbons (Fsp3) is 0.261. The van der Waals surface area contributed by atoms with Crippen LogP contribution in [0.1, 0.15) is 16.8 Å². The minimum absolute atomic E-state index is 0.0375. The van der Waals surface area contributed by atoms with E-state index >= 15 is 0 Å². The van der Waals surface area contributed by atoms with Crippen molar-refractivity contribution in [3.05, 3.63) is 60.0 Å². The zero-order valence-electron chi connectivity index (χ0n) is 17.3. The van der Waals surface area contributed by atoms with Crippen molar-refractivity contribution in [2.45, 2.75) is 12.5 Å². The summed E-state index contributed by atoms with van der Waals surface area (Å²) >= 11 is 0. The molecule has 2 saturated heterocycles. The lowest BCUT2D eigenvalue weighted by atomic mass is 9.82. The number of piperidine rings is 1. The molecule has 2 aliphatic rings. The van der Waals surface area contributed by atoms with Crippen LogP contribution in [0.3, 0.4) is 0 Å². The van der Waals surface area contributed by atoms with Gasteiger partial charge in [-0.15, -0.1) is 0 Å². The van der Waals surface area contributed by atoms with Crippen molar-refractivity contribution in [2.24, 2.45) is 11.0 Å². The van der Waals surface area contributed by atoms with E-state index in [0.29, 0.717) is 19.0 Å². The van der Waals surface area contributed by atoms with Gasteiger partial charge in [0.1, 0.15) is 17.2 Å². The number of nitrogens with one attached hydrogen (secondary N) is 2. The minimum Gasteiger partial charge on any atom is -0.350 e. The van der Waals surface area contributed by atoms with Gasteiger partial charge in [0.15, 0.2) is 0 Å². The van der Waals surface area contributed by atoms with Crippen LogP contribution in [0.2, 0.25) is 0 Å². The topological polar surface area (TPSA) is 97.6 Å². The number of likely N-dealkylation sites (tertiary alicyclic amines) is 1. The van der Waals surface area contributed by atoms with Crippen LogP contribution >= 0.6 is 0 Å². The third-order valence-corrected chi connectivity index (χ3v) is 6.13. The maximum absolute atomic E-state index is 14.6. The molecule has 0 spiro atoms. The van der Waals surface area contributed by atoms with Crippen molar-refractivity contribution in [3.63, 3.8) is 0 Å². The second-order valence-corrected chi connectivity index (χ2v) is 7.96. The van der Waals surface area contributed by atoms with Gasteiger partial charge in [-0.25, -0.2) is 9.37 Å². The molecule has 1 amide bonds. The summed E-state index contributed by atoms with van der Waals surface area (Å²) in [6, 6.07) is 12.3. The first-order valence-electron chi connectivity index (χ1n) is 10.5. The van der Waals surface area contributed by atoms with Crippen LogP contribution in [-0.2, 0) is 0 Å². The molecule has 2 atom stereocenters. The fourth-order valence-corrected chi connectivity index (χ4v) is 4.47. The second-order valence-electron chi connectivity index (χ2n) is 7.96. The Morgan fingerprint density at radius 3 is 2.88 bits per heavy atom. The molecule has 5 rings (SSSR count). The van der Waals surface area contributed by atoms with Gasteiger partial charge in [0.2, 0.25) is 0 Å². The van der Waals surface area contributed by atoms with Crippen LogP contribution in [0.15, 0.2) is 53.8 Å². The Balaban J connectivity index is 1.36. The lowest BCUT2D eigenvalue weighted by molar-refractivity contribution is 0.0587. The van der Waals surface area contributed by atoms with Gasteiger partial charge in [0, 0.05) is 31.8 Å². The number of halogens is 1. The molecule has 0 bridgehead atoms. The molecule has 8 nitrogen and oxygen atoms in total. The summed E-state index contributed by atoms with van der Waals surface area (Å²) in [4.78, 5) is 26.4. The van der Waals surface area contributed by atoms with Crippen LogP contribution in [0.4, 0.5) is 15.9 Å². The molecule has 2 aliphatic heterocycles. The molecule has 2 fully saturated rings. The van der Waals surface area contributed by atoms with E-state index in [1.165, 1.54) is 18.3 Å². The van der Waals surface area contributed by atoms with Gasteiger partial charge < -0.3 is 15.2 Å². The number of hydrogen-bond donors (Lipinski definition) is 2. The van der Waals surface area contributed by atoms with E-state index in [1.54, 1.807) is 17.2 Å². The number of anilines is 2. The van der Waals surface area contributed by atoms with Crippen LogP contribution in [0.25, 0.3) is 11.0 Å². The summed E-state index contributed by atoms with van der Waals surface area (Å²) in [6.07, 6.45) is 4.86. The monoisotopic (exact) mass is 431 g/mol. The smallest absolute Gasteiger partial charge is 0.259 e. The van der Waals surface area contributed by atoms with E-state index in [9.17, 15) is 9.18 Å². The summed E-state index contributed by atoms with van der Waals surface area (Å²) in [7, 11) is 0. The Labute approximate surface area is 184 Å². The van der Waals surface area contributed by atoms with Gasteiger partial charge in [-0.2, -0.15) is 5.10 Å². The SMILES string of the molecule is N=C/C=N\Nc1cccc(F)c1C(=O)N1CCC2CN(c3cnc4ccccc4n3)C2C1. The van der Waals surface area contributed by atoms with Crippen LogP contribution in [-0.4, -0.2) is 58.9 Å². The van der Waals surface area contributed by atoms with Crippen molar-refractivity contribution in [3.8, 4) is 0 Å². The third-order valence-electron chi connectivity index (χ3n) is 6.13. The molecular formula is C23H22FN7O. The Kier molecular flexibility index (Phi) is 5.22. The van der Waals surface area contributed by atoms with Crippen molar-refractivity contribution >= 4 is 40.9 Å². The fourth-order valence-electron chi connectivity index (χ4n) is 4.47. The number of carbonyl (C=O) groups is 1. The van der Waals surface area contributed by atoms with Gasteiger partial charge >= 0.3 is 0 Å². The minimum atomic E-state index is -0.599. The predicted molar refractivity (Wildman–Crippen MR) is 122 cm³/mol. The average molecular weight is 431 g/mol. The Morgan fingerprint density at radius 1 is 1.19 bits per heavy atom. The predicted octanol–water partition coefficient (Wildman–Crippen LogP) is 3.17. The molecule has 1 aromatic heterocycles. The molecule has 0 saturated carbocycles. The second kappa shape index (κ2) is 8.33. The summed E-state index contributed by atoms with van der Waals surface area (Å²) in [5.74, 6) is 0.305. The maximum Gasteiger partial charge on any atom is 0.259 e. The van der Waals surface area contributed by atoms with E-state index in [1.807, 2.05) is 24.3 Å². The van der Waals surface area contributed by atoms with E-state index in [4.69, 9.17) is 10.4 Å². The number of carbonyl (C=O) groups excluding carboxylic acids is 1. The molecule has 32 heavy (non-hydrogen) atoms. The summed E-state index contributed by atoms with van der Waals surface area (Å²) in [6.45, 7) is 1.95. The summed E-state index contributed by atoms with van der Waals surface area (Å²) < 4.78 is 14.6. The van der Waals surface area contributed by atoms with Crippen molar-refractivity contribution in [1.29, 1.82) is 5.41 Å². The number of hydrogen-bond acceptors (Lipinski definition) is 7. The van der Waals surface area contributed by atoms with Crippen molar-refractivity contribution in [2.75, 3.05) is 30.0 Å². The number of benzene rings is 2. The zero-order chi connectivity index (χ0) is 22.1. The van der Waals surface area contributed by atoms with Gasteiger partial charge in [-0.05, 0) is 30.7 Å². The maximum atomic E-state index is 14.6. The van der Waals surface area contributed by atoms with E-state index in [2.05, 4.69) is 20.4 Å². The van der Waals surface area contributed by atoms with Crippen LogP contribution < -0.4 is 10.3 Å². The lowest BCUT2D eigenvalue weighted by Crippen LogP contribution is -2.65. The highest BCUT2D eigenvalue weighted by Gasteiger charge is 2.44. The molecule has 0 radical (unpaired) electrons. The van der Waals surface area contributed by atoms with Gasteiger partial charge in [0.05, 0.1) is 35.2 Å². The normalized spacial score (nSPS) is 20.2. The first kappa shape index (κ1) is 20.0. The molecule has 9 heteroatoms. The molecule has 162 valence electrons. The third kappa shape index (κ3) is 3.55. The largest absolute Gasteiger partial charge is 0.350 e. The van der Waals surface area contributed by atoms with Gasteiger partial charge in [0.25, 0.3) is 5.91 Å². The molecule has 2 aromatic carbocycles. The molecule has 0 aliphatic carbocycles. The number of rotatable bonds is 5. The molecule has 2 unspecified atom stereocenters. The number of aromatic nitrogens is 2. The summed E-state index contributed by atoms with van der Waals surface area (Å²) in [5, 5.41) is 10.8. The molecule has 3 heterocycles. The number of nitrogens with zero attached hydrogens (tertiary/aromatic N) is 5. The number of hydrazone groups is 1. The van der Waals surface area contributed by atoms with Crippen molar-refractivity contribution in [1.82, 2.24) is 14.9 Å². The molecular weight excluding hydrogens is 409 g/mol. The molecule has 3 aromatic rings. The highest BCUT2D eigenvalue weighted by molar-refractivity contribution is 6.14. The average Bonchev–Trinajstić information content (AvgIpc) is 2.80. The highest BCUT2D eigenvalue weighted by atomic mass is 19.1. The first-order valence-corrected chi connectivity index (χ1v) is 10.5. The standard InChI is InChI=1S/C23H22FN7O/c24-16-4-3-7-19(29-27-10-9-25)22(16)23(32)30-11-8-15-13-31(20(15)14-30)21-12-26-17-5-1-2-6-18(17)28-21/h1-7,9-10,12,15,20,25,29H,8,11,13-14H2/b25-9?,27-10-. The first-order chi connectivity index (χ1) is 15.7. The Bertz CT molecular complexity index is 1210.